The fourth-order valence-electron chi connectivity index (χ4n) is 8.83. The first-order chi connectivity index (χ1) is 24.8. The predicted octanol–water partition coefficient (Wildman–Crippen LogP) is 4.18. The van der Waals surface area contributed by atoms with Crippen molar-refractivity contribution in [2.24, 2.45) is 23.7 Å². The maximum absolute atomic E-state index is 13.8. The van der Waals surface area contributed by atoms with Gasteiger partial charge in [-0.25, -0.2) is 0 Å². The topological polar surface area (TPSA) is 132 Å². The molecule has 4 aliphatic rings. The third-order valence-corrected chi connectivity index (χ3v) is 12.1. The van der Waals surface area contributed by atoms with Crippen LogP contribution in [-0.2, 0) is 23.8 Å². The monoisotopic (exact) mass is 734 g/mol. The van der Waals surface area contributed by atoms with E-state index in [4.69, 9.17) is 14.2 Å². The first-order valence-corrected chi connectivity index (χ1v) is 20.3. The number of ketones is 1. The molecular formula is C41H71N3O8. The Labute approximate surface area is 313 Å². The molecule has 0 aliphatic carbocycles. The molecule has 0 aromatic carbocycles. The average molecular weight is 734 g/mol. The maximum atomic E-state index is 13.8. The van der Waals surface area contributed by atoms with E-state index in [1.807, 2.05) is 33.8 Å². The molecule has 0 radical (unpaired) electrons. The number of esters is 1. The van der Waals surface area contributed by atoms with Crippen LogP contribution in [0, 0.1) is 23.7 Å². The number of carbonyl (C=O) groups excluding carboxylic acids is 2. The highest BCUT2D eigenvalue weighted by Gasteiger charge is 2.47. The summed E-state index contributed by atoms with van der Waals surface area (Å²) in [7, 11) is 3.60. The number of allylic oxidation sites excluding steroid dienone is 3. The van der Waals surface area contributed by atoms with Crippen molar-refractivity contribution < 1.29 is 39.1 Å². The molecule has 0 amide bonds. The van der Waals surface area contributed by atoms with Gasteiger partial charge in [0.25, 0.3) is 0 Å². The molecule has 3 N–H and O–H groups in total. The number of likely N-dealkylation sites (N-methyl/N-ethyl adjacent to an activating group) is 1. The Morgan fingerprint density at radius 3 is 2.15 bits per heavy atom. The highest BCUT2D eigenvalue weighted by molar-refractivity contribution is 5.91. The molecule has 4 aliphatic heterocycles. The summed E-state index contributed by atoms with van der Waals surface area (Å²) in [4.78, 5) is 34.1. The van der Waals surface area contributed by atoms with E-state index in [1.165, 1.54) is 12.8 Å². The van der Waals surface area contributed by atoms with Gasteiger partial charge in [-0.2, -0.15) is 0 Å². The summed E-state index contributed by atoms with van der Waals surface area (Å²) in [5, 5.41) is 34.2. The Balaban J connectivity index is 1.68. The number of nitrogens with zero attached hydrogens (tertiary/aromatic N) is 3. The summed E-state index contributed by atoms with van der Waals surface area (Å²) >= 11 is 0. The van der Waals surface area contributed by atoms with Crippen molar-refractivity contribution >= 4 is 11.8 Å². The lowest BCUT2D eigenvalue weighted by Gasteiger charge is -2.47. The largest absolute Gasteiger partial charge is 0.462 e. The number of piperidine rings is 2. The van der Waals surface area contributed by atoms with E-state index in [1.54, 1.807) is 32.0 Å². The van der Waals surface area contributed by atoms with Crippen molar-refractivity contribution in [1.82, 2.24) is 14.7 Å². The minimum Gasteiger partial charge on any atom is -0.462 e. The third kappa shape index (κ3) is 12.2. The van der Waals surface area contributed by atoms with Crippen molar-refractivity contribution in [1.29, 1.82) is 0 Å². The van der Waals surface area contributed by atoms with Crippen LogP contribution in [0.5, 0.6) is 0 Å². The minimum absolute atomic E-state index is 0.0270. The lowest BCUT2D eigenvalue weighted by molar-refractivity contribution is -0.304. The van der Waals surface area contributed by atoms with Crippen LogP contribution < -0.4 is 0 Å². The number of cyclic esters (lactones) is 1. The van der Waals surface area contributed by atoms with Crippen LogP contribution in [0.1, 0.15) is 98.8 Å². The molecule has 0 aromatic heterocycles. The Hall–Kier alpha value is -1.70. The van der Waals surface area contributed by atoms with Gasteiger partial charge in [-0.1, -0.05) is 51.3 Å². The Bertz CT molecular complexity index is 1170. The molecule has 3 fully saturated rings. The fourth-order valence-corrected chi connectivity index (χ4v) is 8.83. The number of hydrogen-bond donors (Lipinski definition) is 3. The zero-order chi connectivity index (χ0) is 37.9. The number of likely N-dealkylation sites (tertiary alicyclic amines) is 2. The van der Waals surface area contributed by atoms with E-state index in [0.717, 1.165) is 70.5 Å². The van der Waals surface area contributed by atoms with Gasteiger partial charge in [0.15, 0.2) is 12.1 Å². The summed E-state index contributed by atoms with van der Waals surface area (Å²) in [6.45, 7) is 15.3. The zero-order valence-electron chi connectivity index (χ0n) is 33.2. The summed E-state index contributed by atoms with van der Waals surface area (Å²) in [6.07, 6.45) is 8.49. The lowest BCUT2D eigenvalue weighted by Crippen LogP contribution is -2.63. The fraction of sp³-hybridized carbons (Fsp3) is 0.854. The molecule has 3 saturated heterocycles. The van der Waals surface area contributed by atoms with E-state index in [-0.39, 0.29) is 36.1 Å². The van der Waals surface area contributed by atoms with Crippen molar-refractivity contribution in [3.8, 4) is 0 Å². The highest BCUT2D eigenvalue weighted by Crippen LogP contribution is 2.35. The van der Waals surface area contributed by atoms with E-state index in [2.05, 4.69) is 15.9 Å². The summed E-state index contributed by atoms with van der Waals surface area (Å²) in [5.41, 5.74) is 0.954. The molecule has 52 heavy (non-hydrogen) atoms. The smallest absolute Gasteiger partial charge is 0.308 e. The van der Waals surface area contributed by atoms with E-state index in [9.17, 15) is 24.9 Å². The van der Waals surface area contributed by atoms with Crippen molar-refractivity contribution in [2.45, 2.75) is 148 Å². The standard InChI is InChI=1S/C41H71N3O8/c1-8-35-32(26-44-20-13-10-14-21-44)23-27(2)15-16-33(45)28(3)24-31(17-22-43-18-11-9-12-19-43)40(29(4)34(46)25-36(47)51-35)52-41-39(49)37(42(6)7)38(48)30(5)50-41/h15-16,23,28-32,34-35,37-41,46,48-49H,8-14,17-22,24-26H2,1-7H3/b16-15+,27-23-/t28-,29+,30-,31+,32-,34-,35?,37+,38-,39-,40?,41+/m0/s1. The maximum Gasteiger partial charge on any atom is 0.308 e. The van der Waals surface area contributed by atoms with Crippen LogP contribution >= 0.6 is 0 Å². The molecular weight excluding hydrogens is 662 g/mol. The normalized spacial score (nSPS) is 40.2. The second kappa shape index (κ2) is 20.8. The molecule has 11 nitrogen and oxygen atoms in total. The van der Waals surface area contributed by atoms with Gasteiger partial charge in [-0.3, -0.25) is 9.59 Å². The van der Waals surface area contributed by atoms with Gasteiger partial charge in [0.1, 0.15) is 12.2 Å². The Morgan fingerprint density at radius 2 is 1.54 bits per heavy atom. The highest BCUT2D eigenvalue weighted by atomic mass is 16.7. The molecule has 0 bridgehead atoms. The number of ether oxygens (including phenoxy) is 3. The third-order valence-electron chi connectivity index (χ3n) is 12.1. The Morgan fingerprint density at radius 1 is 0.904 bits per heavy atom. The quantitative estimate of drug-likeness (QED) is 0.295. The van der Waals surface area contributed by atoms with Gasteiger partial charge >= 0.3 is 5.97 Å². The Kier molecular flexibility index (Phi) is 17.2. The number of aliphatic hydroxyl groups is 3. The van der Waals surface area contributed by atoms with Crippen LogP contribution in [0.4, 0.5) is 0 Å². The number of aliphatic hydroxyl groups excluding tert-OH is 3. The number of rotatable bonds is 9. The van der Waals surface area contributed by atoms with E-state index >= 15 is 0 Å². The molecule has 11 heteroatoms. The van der Waals surface area contributed by atoms with Gasteiger partial charge in [0.2, 0.25) is 0 Å². The van der Waals surface area contributed by atoms with Gasteiger partial charge in [0, 0.05) is 24.3 Å². The van der Waals surface area contributed by atoms with Crippen LogP contribution in [0.2, 0.25) is 0 Å². The van der Waals surface area contributed by atoms with Gasteiger partial charge in [-0.15, -0.1) is 0 Å². The second-order valence-corrected chi connectivity index (χ2v) is 16.6. The molecule has 0 aromatic rings. The van der Waals surface area contributed by atoms with Crippen molar-refractivity contribution in [3.05, 3.63) is 23.8 Å². The molecule has 298 valence electrons. The summed E-state index contributed by atoms with van der Waals surface area (Å²) < 4.78 is 19.1. The van der Waals surface area contributed by atoms with Crippen molar-refractivity contribution in [3.63, 3.8) is 0 Å². The molecule has 2 unspecified atom stereocenters. The van der Waals surface area contributed by atoms with Crippen LogP contribution in [0.25, 0.3) is 0 Å². The SMILES string of the molecule is CCC1OC(=O)C[C@H](O)[C@@H](C)C(O[C@H]2O[C@@H](C)[C@H](O)[C@@H](N(C)C)[C@@H]2O)[C@H](CCN2CCCCC2)C[C@H](C)C(=O)/C=C/C(C)=C\[C@H]1CN1CCCCC1. The summed E-state index contributed by atoms with van der Waals surface area (Å²) in [6, 6.07) is -0.632. The van der Waals surface area contributed by atoms with Gasteiger partial charge < -0.3 is 44.2 Å². The minimum atomic E-state index is -1.17. The van der Waals surface area contributed by atoms with Crippen molar-refractivity contribution in [2.75, 3.05) is 53.4 Å². The number of carbonyl (C=O) groups is 2. The van der Waals surface area contributed by atoms with Crippen LogP contribution in [0.3, 0.4) is 0 Å². The van der Waals surface area contributed by atoms with Gasteiger partial charge in [0.05, 0.1) is 36.9 Å². The lowest BCUT2D eigenvalue weighted by atomic mass is 9.79. The van der Waals surface area contributed by atoms with Crippen LogP contribution in [0.15, 0.2) is 23.8 Å². The number of hydrogen-bond acceptors (Lipinski definition) is 11. The first-order valence-electron chi connectivity index (χ1n) is 20.3. The summed E-state index contributed by atoms with van der Waals surface area (Å²) in [5.74, 6) is -1.58. The molecule has 4 heterocycles. The first kappa shape index (κ1) is 43.0. The predicted molar refractivity (Wildman–Crippen MR) is 203 cm³/mol. The average Bonchev–Trinajstić information content (AvgIpc) is 3.12. The molecule has 4 rings (SSSR count). The van der Waals surface area contributed by atoms with E-state index < -0.39 is 54.7 Å². The van der Waals surface area contributed by atoms with Gasteiger partial charge in [-0.05, 0) is 118 Å². The van der Waals surface area contributed by atoms with Crippen LogP contribution in [-0.4, -0.2) is 144 Å². The molecule has 12 atom stereocenters. The molecule has 0 saturated carbocycles. The zero-order valence-corrected chi connectivity index (χ0v) is 33.2. The molecule has 0 spiro atoms. The van der Waals surface area contributed by atoms with E-state index in [0.29, 0.717) is 19.3 Å². The second-order valence-electron chi connectivity index (χ2n) is 16.6.